The lowest BCUT2D eigenvalue weighted by atomic mass is 9.88. The molecule has 3 rings (SSSR count). The van der Waals surface area contributed by atoms with Gasteiger partial charge in [0.05, 0.1) is 0 Å². The summed E-state index contributed by atoms with van der Waals surface area (Å²) in [5.41, 5.74) is 4.65. The van der Waals surface area contributed by atoms with E-state index in [-0.39, 0.29) is 43.7 Å². The Kier molecular flexibility index (Phi) is 9.08. The molecule has 0 saturated carbocycles. The van der Waals surface area contributed by atoms with Crippen LogP contribution in [0.5, 0.6) is 0 Å². The third-order valence-electron chi connectivity index (χ3n) is 6.47. The molecule has 0 heterocycles. The van der Waals surface area contributed by atoms with Crippen LogP contribution in [0.1, 0.15) is 56.6 Å². The molecule has 1 aliphatic rings. The Bertz CT molecular complexity index is 959. The molecule has 7 heteroatoms. The lowest BCUT2D eigenvalue weighted by Crippen LogP contribution is -2.32. The number of carbonyl (C=O) groups is 3. The maximum absolute atomic E-state index is 12.2. The van der Waals surface area contributed by atoms with Crippen molar-refractivity contribution in [1.29, 1.82) is 0 Å². The second-order valence-corrected chi connectivity index (χ2v) is 9.08. The Labute approximate surface area is 200 Å². The first-order valence-corrected chi connectivity index (χ1v) is 11.9. The number of rotatable bonds is 12. The number of hydrogen-bond acceptors (Lipinski definition) is 4. The van der Waals surface area contributed by atoms with Crippen LogP contribution in [0.2, 0.25) is 0 Å². The summed E-state index contributed by atoms with van der Waals surface area (Å²) in [6, 6.07) is 16.3. The summed E-state index contributed by atoms with van der Waals surface area (Å²) in [4.78, 5) is 35.1. The van der Waals surface area contributed by atoms with Gasteiger partial charge in [0, 0.05) is 31.8 Å². The van der Waals surface area contributed by atoms with E-state index in [1.807, 2.05) is 24.3 Å². The third kappa shape index (κ3) is 6.83. The Morgan fingerprint density at radius 1 is 0.882 bits per heavy atom. The van der Waals surface area contributed by atoms with Gasteiger partial charge in [-0.2, -0.15) is 0 Å². The molecule has 0 spiro atoms. The van der Waals surface area contributed by atoms with Gasteiger partial charge in [-0.05, 0) is 46.9 Å². The van der Waals surface area contributed by atoms with Gasteiger partial charge in [0.25, 0.3) is 0 Å². The Morgan fingerprint density at radius 3 is 2.09 bits per heavy atom. The van der Waals surface area contributed by atoms with Crippen LogP contribution in [0.15, 0.2) is 48.5 Å². The summed E-state index contributed by atoms with van der Waals surface area (Å²) in [6.07, 6.45) is 1.10. The molecule has 1 unspecified atom stereocenters. The number of benzene rings is 2. The van der Waals surface area contributed by atoms with Crippen LogP contribution in [0.4, 0.5) is 4.79 Å². The van der Waals surface area contributed by atoms with Crippen LogP contribution in [0.25, 0.3) is 11.1 Å². The minimum absolute atomic E-state index is 0.00326. The zero-order valence-corrected chi connectivity index (χ0v) is 19.9. The molecule has 3 N–H and O–H groups in total. The zero-order valence-electron chi connectivity index (χ0n) is 19.9. The van der Waals surface area contributed by atoms with Crippen molar-refractivity contribution in [3.63, 3.8) is 0 Å². The van der Waals surface area contributed by atoms with Gasteiger partial charge >= 0.3 is 12.1 Å². The molecule has 0 aromatic heterocycles. The first kappa shape index (κ1) is 25.3. The van der Waals surface area contributed by atoms with Crippen molar-refractivity contribution in [3.8, 4) is 11.1 Å². The minimum Gasteiger partial charge on any atom is -0.481 e. The van der Waals surface area contributed by atoms with E-state index in [1.54, 1.807) is 0 Å². The molecule has 2 aromatic rings. The summed E-state index contributed by atoms with van der Waals surface area (Å²) >= 11 is 0. The van der Waals surface area contributed by atoms with E-state index in [0.717, 1.165) is 17.5 Å². The first-order valence-electron chi connectivity index (χ1n) is 11.9. The Morgan fingerprint density at radius 2 is 1.50 bits per heavy atom. The van der Waals surface area contributed by atoms with Gasteiger partial charge in [0.2, 0.25) is 5.91 Å². The number of hydrogen-bond donors (Lipinski definition) is 3. The highest BCUT2D eigenvalue weighted by Gasteiger charge is 2.29. The zero-order chi connectivity index (χ0) is 24.5. The maximum atomic E-state index is 12.2. The highest BCUT2D eigenvalue weighted by molar-refractivity contribution is 5.79. The van der Waals surface area contributed by atoms with E-state index in [9.17, 15) is 14.4 Å². The molecule has 0 aliphatic heterocycles. The summed E-state index contributed by atoms with van der Waals surface area (Å²) in [6.45, 7) is 5.04. The minimum atomic E-state index is -0.797. The number of amides is 2. The van der Waals surface area contributed by atoms with E-state index in [1.165, 1.54) is 11.1 Å². The van der Waals surface area contributed by atoms with Crippen LogP contribution in [-0.2, 0) is 14.3 Å². The van der Waals surface area contributed by atoms with E-state index >= 15 is 0 Å². The van der Waals surface area contributed by atoms with Crippen molar-refractivity contribution in [1.82, 2.24) is 10.6 Å². The number of fused-ring (bicyclic) bond motifs is 3. The van der Waals surface area contributed by atoms with Crippen molar-refractivity contribution in [2.75, 3.05) is 19.7 Å². The van der Waals surface area contributed by atoms with E-state index in [2.05, 4.69) is 48.7 Å². The molecular formula is C27H34N2O5. The van der Waals surface area contributed by atoms with Gasteiger partial charge in [-0.25, -0.2) is 4.79 Å². The molecule has 0 bridgehead atoms. The molecule has 182 valence electrons. The summed E-state index contributed by atoms with van der Waals surface area (Å²) < 4.78 is 5.48. The first-order chi connectivity index (χ1) is 16.4. The quantitative estimate of drug-likeness (QED) is 0.425. The molecule has 0 radical (unpaired) electrons. The van der Waals surface area contributed by atoms with E-state index < -0.39 is 12.1 Å². The SMILES string of the molecule is CC(C)C(CCNC(=O)CCNC(=O)OCC1c2ccccc2-c2ccccc21)CCC(=O)O. The highest BCUT2D eigenvalue weighted by Crippen LogP contribution is 2.44. The second-order valence-electron chi connectivity index (χ2n) is 9.08. The fraction of sp³-hybridized carbons (Fsp3) is 0.444. The smallest absolute Gasteiger partial charge is 0.407 e. The van der Waals surface area contributed by atoms with E-state index in [4.69, 9.17) is 9.84 Å². The lowest BCUT2D eigenvalue weighted by Gasteiger charge is -2.20. The molecule has 34 heavy (non-hydrogen) atoms. The molecule has 2 amide bonds. The Balaban J connectivity index is 1.37. The van der Waals surface area contributed by atoms with Gasteiger partial charge in [0.15, 0.2) is 0 Å². The highest BCUT2D eigenvalue weighted by atomic mass is 16.5. The largest absolute Gasteiger partial charge is 0.481 e. The maximum Gasteiger partial charge on any atom is 0.407 e. The predicted molar refractivity (Wildman–Crippen MR) is 131 cm³/mol. The average Bonchev–Trinajstić information content (AvgIpc) is 3.13. The molecule has 7 nitrogen and oxygen atoms in total. The molecule has 2 aromatic carbocycles. The van der Waals surface area contributed by atoms with Crippen LogP contribution >= 0.6 is 0 Å². The number of ether oxygens (including phenoxy) is 1. The van der Waals surface area contributed by atoms with Crippen LogP contribution < -0.4 is 10.6 Å². The van der Waals surface area contributed by atoms with E-state index in [0.29, 0.717) is 18.9 Å². The summed E-state index contributed by atoms with van der Waals surface area (Å²) in [7, 11) is 0. The van der Waals surface area contributed by atoms with Crippen molar-refractivity contribution in [3.05, 3.63) is 59.7 Å². The number of carboxylic acids is 1. The molecule has 1 aliphatic carbocycles. The average molecular weight is 467 g/mol. The van der Waals surface area contributed by atoms with Crippen LogP contribution in [0, 0.1) is 11.8 Å². The van der Waals surface area contributed by atoms with Gasteiger partial charge < -0.3 is 20.5 Å². The van der Waals surface area contributed by atoms with Crippen molar-refractivity contribution < 1.29 is 24.2 Å². The van der Waals surface area contributed by atoms with Gasteiger partial charge in [-0.15, -0.1) is 0 Å². The standard InChI is InChI=1S/C27H34N2O5/c1-18(2)19(11-12-26(31)32)13-15-28-25(30)14-16-29-27(33)34-17-24-22-9-5-3-7-20(22)21-8-4-6-10-23(21)24/h3-10,18-19,24H,11-17H2,1-2H3,(H,28,30)(H,29,33)(H,31,32). The predicted octanol–water partition coefficient (Wildman–Crippen LogP) is 4.56. The van der Waals surface area contributed by atoms with Gasteiger partial charge in [-0.3, -0.25) is 9.59 Å². The molecule has 0 saturated heterocycles. The van der Waals surface area contributed by atoms with Gasteiger partial charge in [-0.1, -0.05) is 62.4 Å². The fourth-order valence-electron chi connectivity index (χ4n) is 4.53. The molecular weight excluding hydrogens is 432 g/mol. The number of carbonyl (C=O) groups excluding carboxylic acids is 2. The van der Waals surface area contributed by atoms with Crippen LogP contribution in [0.3, 0.4) is 0 Å². The number of carboxylic acid groups (broad SMARTS) is 1. The Hall–Kier alpha value is -3.35. The summed E-state index contributed by atoms with van der Waals surface area (Å²) in [5.74, 6) is -0.355. The second kappa shape index (κ2) is 12.2. The van der Waals surface area contributed by atoms with Crippen molar-refractivity contribution >= 4 is 18.0 Å². The van der Waals surface area contributed by atoms with Crippen LogP contribution in [-0.4, -0.2) is 42.8 Å². The molecule has 0 fully saturated rings. The lowest BCUT2D eigenvalue weighted by molar-refractivity contribution is -0.137. The number of aliphatic carboxylic acids is 1. The number of nitrogens with one attached hydrogen (secondary N) is 2. The fourth-order valence-corrected chi connectivity index (χ4v) is 4.53. The third-order valence-corrected chi connectivity index (χ3v) is 6.47. The monoisotopic (exact) mass is 466 g/mol. The topological polar surface area (TPSA) is 105 Å². The van der Waals surface area contributed by atoms with Gasteiger partial charge in [0.1, 0.15) is 6.61 Å². The normalized spacial score (nSPS) is 13.1. The summed E-state index contributed by atoms with van der Waals surface area (Å²) in [5, 5.41) is 14.4. The number of alkyl carbamates (subject to hydrolysis) is 1. The van der Waals surface area contributed by atoms with Crippen molar-refractivity contribution in [2.24, 2.45) is 11.8 Å². The molecule has 1 atom stereocenters. The van der Waals surface area contributed by atoms with Crippen molar-refractivity contribution in [2.45, 2.75) is 45.4 Å².